The van der Waals surface area contributed by atoms with Gasteiger partial charge in [-0.3, -0.25) is 14.4 Å². The molecule has 1 aromatic heterocycles. The van der Waals surface area contributed by atoms with Crippen molar-refractivity contribution in [2.75, 3.05) is 27.3 Å². The van der Waals surface area contributed by atoms with E-state index in [2.05, 4.69) is 25.9 Å². The zero-order valence-corrected chi connectivity index (χ0v) is 20.6. The molecule has 2 aromatic rings. The van der Waals surface area contributed by atoms with Gasteiger partial charge in [-0.05, 0) is 31.7 Å². The van der Waals surface area contributed by atoms with Crippen LogP contribution in [0.1, 0.15) is 67.4 Å². The van der Waals surface area contributed by atoms with E-state index in [1.54, 1.807) is 0 Å². The number of methoxy groups -OCH3 is 2. The van der Waals surface area contributed by atoms with E-state index in [0.29, 0.717) is 25.7 Å². The van der Waals surface area contributed by atoms with Gasteiger partial charge in [0.2, 0.25) is 0 Å². The number of nitrogens with two attached hydrogens (primary N) is 1. The molecule has 0 radical (unpaired) electrons. The summed E-state index contributed by atoms with van der Waals surface area (Å²) < 4.78 is 10.6. The van der Waals surface area contributed by atoms with E-state index in [4.69, 9.17) is 20.3 Å². The number of benzene rings is 1. The topological polar surface area (TPSA) is 195 Å². The zero-order chi connectivity index (χ0) is 26.9. The summed E-state index contributed by atoms with van der Waals surface area (Å²) in [5, 5.41) is 17.5. The first-order valence-corrected chi connectivity index (χ1v) is 11.7. The second-order valence-corrected chi connectivity index (χ2v) is 8.39. The van der Waals surface area contributed by atoms with Gasteiger partial charge in [0.25, 0.3) is 17.7 Å². The summed E-state index contributed by atoms with van der Waals surface area (Å²) in [6.07, 6.45) is 3.43. The van der Waals surface area contributed by atoms with Crippen LogP contribution in [0.25, 0.3) is 0 Å². The minimum Gasteiger partial charge on any atom is -0.496 e. The Kier molecular flexibility index (Phi) is 9.33. The molecule has 1 fully saturated rings. The Balaban J connectivity index is 1.62. The van der Waals surface area contributed by atoms with Crippen molar-refractivity contribution in [2.24, 2.45) is 5.73 Å². The van der Waals surface area contributed by atoms with Gasteiger partial charge in [0, 0.05) is 37.3 Å². The summed E-state index contributed by atoms with van der Waals surface area (Å²) in [6.45, 7) is 0.538. The fourth-order valence-corrected chi connectivity index (χ4v) is 4.04. The van der Waals surface area contributed by atoms with Crippen LogP contribution < -0.4 is 31.2 Å². The molecule has 1 heterocycles. The molecule has 0 saturated heterocycles. The van der Waals surface area contributed by atoms with E-state index in [-0.39, 0.29) is 59.2 Å². The number of aromatic carboxylic acids is 1. The number of aromatic nitrogens is 2. The van der Waals surface area contributed by atoms with Crippen LogP contribution in [0, 0.1) is 0 Å². The van der Waals surface area contributed by atoms with E-state index >= 15 is 0 Å². The molecule has 1 aromatic carbocycles. The molecule has 37 heavy (non-hydrogen) atoms. The van der Waals surface area contributed by atoms with Crippen LogP contribution in [0.4, 0.5) is 0 Å². The van der Waals surface area contributed by atoms with Crippen molar-refractivity contribution in [1.82, 2.24) is 25.9 Å². The molecule has 1 aliphatic rings. The lowest BCUT2D eigenvalue weighted by atomic mass is 9.90. The fourth-order valence-electron chi connectivity index (χ4n) is 4.04. The van der Waals surface area contributed by atoms with E-state index < -0.39 is 23.7 Å². The van der Waals surface area contributed by atoms with Crippen LogP contribution in [0.5, 0.6) is 11.5 Å². The van der Waals surface area contributed by atoms with E-state index in [0.717, 1.165) is 12.4 Å². The van der Waals surface area contributed by atoms with Crippen molar-refractivity contribution in [1.29, 1.82) is 0 Å². The highest BCUT2D eigenvalue weighted by molar-refractivity contribution is 6.03. The number of hydrogen-bond acceptors (Lipinski definition) is 9. The van der Waals surface area contributed by atoms with Crippen LogP contribution in [-0.2, 0) is 0 Å². The van der Waals surface area contributed by atoms with Crippen LogP contribution >= 0.6 is 0 Å². The smallest absolute Gasteiger partial charge is 0.354 e. The highest BCUT2D eigenvalue weighted by atomic mass is 16.5. The molecule has 1 aliphatic carbocycles. The molecular formula is C24H30N6O7. The molecule has 0 unspecified atom stereocenters. The lowest BCUT2D eigenvalue weighted by molar-refractivity contribution is 0.0689. The predicted octanol–water partition coefficient (Wildman–Crippen LogP) is 0.352. The minimum atomic E-state index is -1.25. The maximum Gasteiger partial charge on any atom is 0.354 e. The summed E-state index contributed by atoms with van der Waals surface area (Å²) in [5.41, 5.74) is 5.54. The average Bonchev–Trinajstić information content (AvgIpc) is 2.91. The van der Waals surface area contributed by atoms with Crippen molar-refractivity contribution in [2.45, 2.75) is 37.8 Å². The Morgan fingerprint density at radius 3 is 1.95 bits per heavy atom. The monoisotopic (exact) mass is 514 g/mol. The lowest BCUT2D eigenvalue weighted by Crippen LogP contribution is -2.44. The van der Waals surface area contributed by atoms with Crippen molar-refractivity contribution in [3.05, 3.63) is 47.0 Å². The molecule has 1 saturated carbocycles. The highest BCUT2D eigenvalue weighted by Gasteiger charge is 2.27. The summed E-state index contributed by atoms with van der Waals surface area (Å²) in [6, 6.07) is 3.73. The van der Waals surface area contributed by atoms with Gasteiger partial charge < -0.3 is 36.3 Å². The molecule has 0 atom stereocenters. The van der Waals surface area contributed by atoms with Gasteiger partial charge >= 0.3 is 5.97 Å². The Morgan fingerprint density at radius 1 is 0.865 bits per heavy atom. The molecule has 6 N–H and O–H groups in total. The number of nitrogens with zero attached hydrogens (tertiary/aromatic N) is 2. The largest absolute Gasteiger partial charge is 0.496 e. The van der Waals surface area contributed by atoms with E-state index in [9.17, 15) is 19.2 Å². The van der Waals surface area contributed by atoms with Crippen molar-refractivity contribution < 1.29 is 33.8 Å². The Morgan fingerprint density at radius 2 is 1.41 bits per heavy atom. The van der Waals surface area contributed by atoms with Gasteiger partial charge in [-0.15, -0.1) is 0 Å². The number of carboxylic acid groups (broad SMARTS) is 1. The molecule has 0 bridgehead atoms. The van der Waals surface area contributed by atoms with Gasteiger partial charge in [-0.1, -0.05) is 0 Å². The maximum absolute atomic E-state index is 13.1. The molecule has 0 aliphatic heterocycles. The molecule has 198 valence electrons. The number of nitrogens with one attached hydrogen (secondary N) is 3. The standard InChI is InChI=1S/C24H30N6O7/c1-36-19-11-20(37-2)16(9-15(19)21(31)26-8-7-25)22(32)29-13-3-5-14(6-4-13)30-23(33)17-10-18(24(34)35)28-12-27-17/h9-14H,3-8,25H2,1-2H3,(H,26,31)(H,29,32)(H,30,33)(H,34,35). The van der Waals surface area contributed by atoms with Gasteiger partial charge in [0.05, 0.1) is 25.3 Å². The van der Waals surface area contributed by atoms with Crippen molar-refractivity contribution in [3.8, 4) is 11.5 Å². The summed E-state index contributed by atoms with van der Waals surface area (Å²) in [4.78, 5) is 56.6. The second-order valence-electron chi connectivity index (χ2n) is 8.39. The molecule has 3 amide bonds. The number of ether oxygens (including phenoxy) is 2. The quantitative estimate of drug-likeness (QED) is 0.295. The number of rotatable bonds is 10. The van der Waals surface area contributed by atoms with Crippen molar-refractivity contribution >= 4 is 23.7 Å². The summed E-state index contributed by atoms with van der Waals surface area (Å²) >= 11 is 0. The second kappa shape index (κ2) is 12.6. The van der Waals surface area contributed by atoms with Crippen LogP contribution in [-0.4, -0.2) is 78.2 Å². The maximum atomic E-state index is 13.1. The first-order chi connectivity index (χ1) is 17.8. The molecule has 3 rings (SSSR count). The number of hydrogen-bond donors (Lipinski definition) is 5. The van der Waals surface area contributed by atoms with Crippen LogP contribution in [0.15, 0.2) is 24.5 Å². The first-order valence-electron chi connectivity index (χ1n) is 11.7. The predicted molar refractivity (Wildman–Crippen MR) is 131 cm³/mol. The van der Waals surface area contributed by atoms with E-state index in [1.807, 2.05) is 0 Å². The van der Waals surface area contributed by atoms with Gasteiger partial charge in [-0.2, -0.15) is 0 Å². The number of carboxylic acids is 1. The summed E-state index contributed by atoms with van der Waals surface area (Å²) in [7, 11) is 2.84. The Labute approximate surface area is 213 Å². The normalized spacial score (nSPS) is 16.8. The number of amides is 3. The average molecular weight is 515 g/mol. The minimum absolute atomic E-state index is 0.0271. The molecule has 13 nitrogen and oxygen atoms in total. The zero-order valence-electron chi connectivity index (χ0n) is 20.6. The van der Waals surface area contributed by atoms with Gasteiger partial charge in [-0.25, -0.2) is 14.8 Å². The molecule has 0 spiro atoms. The van der Waals surface area contributed by atoms with Gasteiger partial charge in [0.1, 0.15) is 23.5 Å². The van der Waals surface area contributed by atoms with E-state index in [1.165, 1.54) is 26.4 Å². The third-order valence-corrected chi connectivity index (χ3v) is 5.96. The van der Waals surface area contributed by atoms with Crippen molar-refractivity contribution in [3.63, 3.8) is 0 Å². The molecular weight excluding hydrogens is 484 g/mol. The fraction of sp³-hybridized carbons (Fsp3) is 0.417. The Bertz CT molecular complexity index is 1160. The number of carbonyl (C=O) groups excluding carboxylic acids is 3. The lowest BCUT2D eigenvalue weighted by Gasteiger charge is -2.29. The number of carbonyl (C=O) groups is 4. The highest BCUT2D eigenvalue weighted by Crippen LogP contribution is 2.30. The van der Waals surface area contributed by atoms with Gasteiger partial charge in [0.15, 0.2) is 5.69 Å². The first kappa shape index (κ1) is 27.3. The third-order valence-electron chi connectivity index (χ3n) is 5.96. The van der Waals surface area contributed by atoms with Crippen LogP contribution in [0.2, 0.25) is 0 Å². The Hall–Kier alpha value is -4.26. The third kappa shape index (κ3) is 6.91. The van der Waals surface area contributed by atoms with Crippen LogP contribution in [0.3, 0.4) is 0 Å². The molecule has 13 heteroatoms. The summed E-state index contributed by atoms with van der Waals surface area (Å²) in [5.74, 6) is -2.03. The SMILES string of the molecule is COc1cc(OC)c(C(=O)NC2CCC(NC(=O)c3cc(C(=O)O)ncn3)CC2)cc1C(=O)NCCN.